The van der Waals surface area contributed by atoms with Crippen LogP contribution in [0.15, 0.2) is 40.7 Å². The number of rotatable bonds is 16. The standard InChI is InChI=1S/C31H47N5O5/c1-7-9-10-27(28-22-41-30(34-28)35(4)15-18-39-6)33-26-12-11-24(20-25(26)29(37)32-14-17-38-5)21-36-16-19-40-23-31(36,3)13-8-2/h9,11-12,20,22,33H,7-8,13-19,21,23H2,1-6H3,(H,32,37). The summed E-state index contributed by atoms with van der Waals surface area (Å²) in [6, 6.07) is 6.48. The Balaban J connectivity index is 1.93. The van der Waals surface area contributed by atoms with Crippen molar-refractivity contribution in [2.75, 3.05) is 77.5 Å². The van der Waals surface area contributed by atoms with Gasteiger partial charge in [0.15, 0.2) is 0 Å². The Hall–Kier alpha value is -3.14. The van der Waals surface area contributed by atoms with Gasteiger partial charge in [-0.15, -0.1) is 0 Å². The van der Waals surface area contributed by atoms with E-state index >= 15 is 0 Å². The normalized spacial score (nSPS) is 17.1. The van der Waals surface area contributed by atoms with E-state index in [4.69, 9.17) is 18.6 Å². The largest absolute Gasteiger partial charge is 0.431 e. The van der Waals surface area contributed by atoms with E-state index in [1.807, 2.05) is 37.1 Å². The number of anilines is 2. The lowest BCUT2D eigenvalue weighted by molar-refractivity contribution is -0.0685. The molecule has 10 nitrogen and oxygen atoms in total. The predicted octanol–water partition coefficient (Wildman–Crippen LogP) is 4.54. The number of benzene rings is 1. The highest BCUT2D eigenvalue weighted by Crippen LogP contribution is 2.29. The number of oxazole rings is 1. The summed E-state index contributed by atoms with van der Waals surface area (Å²) in [6.45, 7) is 11.6. The zero-order valence-corrected chi connectivity index (χ0v) is 25.5. The van der Waals surface area contributed by atoms with Crippen molar-refractivity contribution in [3.63, 3.8) is 0 Å². The zero-order valence-electron chi connectivity index (χ0n) is 25.5. The van der Waals surface area contributed by atoms with Crippen LogP contribution in [0.2, 0.25) is 0 Å². The molecule has 0 bridgehead atoms. The van der Waals surface area contributed by atoms with E-state index in [0.29, 0.717) is 68.2 Å². The smallest absolute Gasteiger partial charge is 0.297 e. The monoisotopic (exact) mass is 569 g/mol. The summed E-state index contributed by atoms with van der Waals surface area (Å²) < 4.78 is 21.9. The number of nitrogens with zero attached hydrogens (tertiary/aromatic N) is 3. The molecular formula is C31H47N5O5. The van der Waals surface area contributed by atoms with E-state index in [2.05, 4.69) is 46.2 Å². The molecule has 1 amide bonds. The van der Waals surface area contributed by atoms with Gasteiger partial charge in [-0.25, -0.2) is 0 Å². The number of ether oxygens (including phenoxy) is 3. The van der Waals surface area contributed by atoms with Crippen LogP contribution in [0.25, 0.3) is 5.70 Å². The Morgan fingerprint density at radius 2 is 2.07 bits per heavy atom. The Labute approximate surface area is 244 Å². The number of allylic oxidation sites excluding steroid dienone is 1. The molecule has 1 aliphatic heterocycles. The Kier molecular flexibility index (Phi) is 12.9. The molecule has 2 aromatic rings. The number of likely N-dealkylation sites (N-methyl/N-ethyl adjacent to an activating group) is 1. The Morgan fingerprint density at radius 1 is 1.27 bits per heavy atom. The average molecular weight is 570 g/mol. The highest BCUT2D eigenvalue weighted by Gasteiger charge is 2.34. The van der Waals surface area contributed by atoms with Gasteiger partial charge in [0, 0.05) is 53.0 Å². The number of amides is 1. The Bertz CT molecular complexity index is 1170. The van der Waals surface area contributed by atoms with Crippen molar-refractivity contribution in [2.24, 2.45) is 0 Å². The topological polar surface area (TPSA) is 101 Å². The molecule has 2 N–H and O–H groups in total. The van der Waals surface area contributed by atoms with E-state index in [1.54, 1.807) is 20.5 Å². The first-order valence-corrected chi connectivity index (χ1v) is 14.5. The number of carbonyl (C=O) groups excluding carboxylic acids is 1. The molecule has 0 spiro atoms. The molecule has 0 radical (unpaired) electrons. The Morgan fingerprint density at radius 3 is 2.80 bits per heavy atom. The number of carbonyl (C=O) groups is 1. The lowest BCUT2D eigenvalue weighted by Gasteiger charge is -2.45. The van der Waals surface area contributed by atoms with Gasteiger partial charge in [0.1, 0.15) is 17.7 Å². The van der Waals surface area contributed by atoms with Crippen molar-refractivity contribution in [3.8, 4) is 0 Å². The number of morpholine rings is 1. The van der Waals surface area contributed by atoms with E-state index in [1.165, 1.54) is 0 Å². The quantitative estimate of drug-likeness (QED) is 0.223. The SMILES string of the molecule is CCC=C=C(Nc1ccc(CN2CCOCC2(C)CCC)cc1C(=O)NCCOC)c1coc(N(C)CCOC)n1. The van der Waals surface area contributed by atoms with Crippen LogP contribution in [-0.2, 0) is 20.8 Å². The van der Waals surface area contributed by atoms with Crippen molar-refractivity contribution < 1.29 is 23.4 Å². The second-order valence-electron chi connectivity index (χ2n) is 10.5. The molecule has 10 heteroatoms. The van der Waals surface area contributed by atoms with Gasteiger partial charge in [-0.1, -0.05) is 32.1 Å². The van der Waals surface area contributed by atoms with Crippen molar-refractivity contribution in [1.82, 2.24) is 15.2 Å². The zero-order chi connectivity index (χ0) is 29.7. The van der Waals surface area contributed by atoms with Crippen LogP contribution in [-0.4, -0.2) is 88.7 Å². The first-order chi connectivity index (χ1) is 19.8. The van der Waals surface area contributed by atoms with Crippen LogP contribution in [0.1, 0.15) is 61.6 Å². The predicted molar refractivity (Wildman–Crippen MR) is 162 cm³/mol. The van der Waals surface area contributed by atoms with Gasteiger partial charge in [-0.2, -0.15) is 4.98 Å². The summed E-state index contributed by atoms with van der Waals surface area (Å²) in [7, 11) is 5.17. The number of hydrogen-bond acceptors (Lipinski definition) is 9. The van der Waals surface area contributed by atoms with Gasteiger partial charge in [0.2, 0.25) is 0 Å². The lowest BCUT2D eigenvalue weighted by atomic mass is 9.92. The second-order valence-corrected chi connectivity index (χ2v) is 10.5. The molecule has 0 aliphatic carbocycles. The molecule has 1 aromatic carbocycles. The summed E-state index contributed by atoms with van der Waals surface area (Å²) in [6.07, 6.45) is 6.44. The summed E-state index contributed by atoms with van der Waals surface area (Å²) in [5.41, 5.74) is 6.73. The molecule has 0 saturated carbocycles. The maximum absolute atomic E-state index is 13.4. The molecule has 1 fully saturated rings. The molecule has 226 valence electrons. The van der Waals surface area contributed by atoms with Gasteiger partial charge in [0.05, 0.1) is 37.7 Å². The summed E-state index contributed by atoms with van der Waals surface area (Å²) in [5.74, 6) is -0.177. The van der Waals surface area contributed by atoms with Crippen LogP contribution in [0.3, 0.4) is 0 Å². The third-order valence-electron chi connectivity index (χ3n) is 7.18. The number of methoxy groups -OCH3 is 2. The van der Waals surface area contributed by atoms with Crippen LogP contribution >= 0.6 is 0 Å². The molecular weight excluding hydrogens is 522 g/mol. The minimum atomic E-state index is -0.177. The second kappa shape index (κ2) is 16.3. The van der Waals surface area contributed by atoms with Crippen molar-refractivity contribution in [2.45, 2.75) is 52.1 Å². The molecule has 3 rings (SSSR count). The molecule has 41 heavy (non-hydrogen) atoms. The van der Waals surface area contributed by atoms with Gasteiger partial charge >= 0.3 is 0 Å². The molecule has 1 saturated heterocycles. The first-order valence-electron chi connectivity index (χ1n) is 14.5. The maximum Gasteiger partial charge on any atom is 0.297 e. The van der Waals surface area contributed by atoms with Gasteiger partial charge in [0.25, 0.3) is 11.9 Å². The number of nitrogens with one attached hydrogen (secondary N) is 2. The summed E-state index contributed by atoms with van der Waals surface area (Å²) in [5, 5.41) is 6.39. The number of aromatic nitrogens is 1. The molecule has 2 heterocycles. The highest BCUT2D eigenvalue weighted by atomic mass is 16.5. The molecule has 1 unspecified atom stereocenters. The summed E-state index contributed by atoms with van der Waals surface area (Å²) >= 11 is 0. The van der Waals surface area contributed by atoms with E-state index in [-0.39, 0.29) is 11.4 Å². The molecule has 1 atom stereocenters. The van der Waals surface area contributed by atoms with Crippen molar-refractivity contribution in [3.05, 3.63) is 53.1 Å². The lowest BCUT2D eigenvalue weighted by Crippen LogP contribution is -2.54. The minimum absolute atomic E-state index is 0.0350. The van der Waals surface area contributed by atoms with E-state index in [9.17, 15) is 4.79 Å². The third kappa shape index (κ3) is 9.18. The fourth-order valence-electron chi connectivity index (χ4n) is 4.83. The third-order valence-corrected chi connectivity index (χ3v) is 7.18. The molecule has 1 aliphatic rings. The highest BCUT2D eigenvalue weighted by molar-refractivity contribution is 6.01. The van der Waals surface area contributed by atoms with Crippen molar-refractivity contribution in [1.29, 1.82) is 0 Å². The minimum Gasteiger partial charge on any atom is -0.431 e. The van der Waals surface area contributed by atoms with Crippen LogP contribution < -0.4 is 15.5 Å². The first kappa shape index (κ1) is 32.4. The van der Waals surface area contributed by atoms with Gasteiger partial charge < -0.3 is 34.2 Å². The maximum atomic E-state index is 13.4. The van der Waals surface area contributed by atoms with Crippen LogP contribution in [0.5, 0.6) is 0 Å². The number of hydrogen-bond donors (Lipinski definition) is 2. The van der Waals surface area contributed by atoms with E-state index < -0.39 is 0 Å². The molecule has 1 aromatic heterocycles. The van der Waals surface area contributed by atoms with Crippen LogP contribution in [0, 0.1) is 0 Å². The van der Waals surface area contributed by atoms with Crippen LogP contribution in [0.4, 0.5) is 11.7 Å². The fraction of sp³-hybridized carbons (Fsp3) is 0.581. The van der Waals surface area contributed by atoms with Gasteiger partial charge in [-0.3, -0.25) is 9.69 Å². The fourth-order valence-corrected chi connectivity index (χ4v) is 4.83. The van der Waals surface area contributed by atoms with E-state index in [0.717, 1.165) is 37.9 Å². The average Bonchev–Trinajstić information content (AvgIpc) is 3.46. The van der Waals surface area contributed by atoms with Gasteiger partial charge in [-0.05, 0) is 43.5 Å². The van der Waals surface area contributed by atoms with Crippen molar-refractivity contribution >= 4 is 23.3 Å². The summed E-state index contributed by atoms with van der Waals surface area (Å²) in [4.78, 5) is 22.4.